The van der Waals surface area contributed by atoms with E-state index in [0.29, 0.717) is 34.2 Å². The summed E-state index contributed by atoms with van der Waals surface area (Å²) in [6.07, 6.45) is 0.893. The molecule has 0 unspecified atom stereocenters. The molecule has 17 heteroatoms. The summed E-state index contributed by atoms with van der Waals surface area (Å²) >= 11 is 5.15. The van der Waals surface area contributed by atoms with Crippen molar-refractivity contribution in [2.45, 2.75) is 87.1 Å². The van der Waals surface area contributed by atoms with Gasteiger partial charge in [0.2, 0.25) is 9.84 Å². The largest absolute Gasteiger partial charge is 0.457 e. The molecular formula is C83H80N10O3S4. The van der Waals surface area contributed by atoms with Crippen LogP contribution >= 0.6 is 35.3 Å². The number of benzene rings is 12. The zero-order valence-corrected chi connectivity index (χ0v) is 59.7. The van der Waals surface area contributed by atoms with E-state index < -0.39 is 9.84 Å². The Kier molecular flexibility index (Phi) is 24.5. The van der Waals surface area contributed by atoms with Gasteiger partial charge in [-0.15, -0.1) is 0 Å². The maximum atomic E-state index is 12.2. The number of hydrogen-bond donors (Lipinski definition) is 10. The zero-order chi connectivity index (χ0) is 71.6. The fourth-order valence-corrected chi connectivity index (χ4v) is 15.2. The molecule has 1 aliphatic heterocycles. The van der Waals surface area contributed by atoms with Crippen LogP contribution in [-0.2, 0) is 16.3 Å². The zero-order valence-electron chi connectivity index (χ0n) is 56.4. The Bertz CT molecular complexity index is 4870. The lowest BCUT2D eigenvalue weighted by atomic mass is 9.88. The van der Waals surface area contributed by atoms with E-state index in [9.17, 15) is 8.42 Å². The van der Waals surface area contributed by atoms with Crippen molar-refractivity contribution >= 4 is 102 Å². The first-order valence-electron chi connectivity index (χ1n) is 31.7. The Morgan fingerprint density at radius 3 is 1.07 bits per heavy atom. The smallest absolute Gasteiger partial charge is 0.206 e. The molecule has 0 saturated carbocycles. The maximum Gasteiger partial charge on any atom is 0.206 e. The second-order valence-corrected chi connectivity index (χ2v) is 28.9. The average Bonchev–Trinajstić information content (AvgIpc) is 0.805. The van der Waals surface area contributed by atoms with Gasteiger partial charge < -0.3 is 62.1 Å². The summed E-state index contributed by atoms with van der Waals surface area (Å²) < 4.78 is 30.5. The highest BCUT2D eigenvalue weighted by Gasteiger charge is 2.20. The highest BCUT2D eigenvalue weighted by atomic mass is 32.2. The van der Waals surface area contributed by atoms with Crippen LogP contribution in [0.3, 0.4) is 0 Å². The molecule has 0 atom stereocenters. The van der Waals surface area contributed by atoms with Crippen LogP contribution in [0.25, 0.3) is 0 Å². The molecule has 0 aromatic heterocycles. The van der Waals surface area contributed by atoms with Crippen molar-refractivity contribution in [3.63, 3.8) is 0 Å². The molecule has 0 radical (unpaired) electrons. The molecule has 504 valence electrons. The quantitative estimate of drug-likeness (QED) is 0.0499. The van der Waals surface area contributed by atoms with Gasteiger partial charge in [-0.1, -0.05) is 132 Å². The summed E-state index contributed by atoms with van der Waals surface area (Å²) in [6, 6.07) is 74.8. The monoisotopic (exact) mass is 1390 g/mol. The summed E-state index contributed by atoms with van der Waals surface area (Å²) in [5, 5.41) is 0. The Hall–Kier alpha value is -11.4. The van der Waals surface area contributed by atoms with Crippen LogP contribution in [0.4, 0.5) is 56.9 Å². The second kappa shape index (κ2) is 33.7. The lowest BCUT2D eigenvalue weighted by molar-refractivity contribution is 0.483. The second-order valence-electron chi connectivity index (χ2n) is 23.7. The van der Waals surface area contributed by atoms with Crippen molar-refractivity contribution in [3.8, 4) is 35.2 Å². The Morgan fingerprint density at radius 2 is 0.690 bits per heavy atom. The van der Waals surface area contributed by atoms with Crippen molar-refractivity contribution in [3.05, 3.63) is 309 Å². The SMILES string of the molecule is Cc1cc(C)c(Cc2c(C)cc(C)c(N)c2C)c(C)c1N.Nc1cc(C#Cc2ccccc2)cc(Oc2cc(N)cc(C#Cc3ccccc3)c2)c1.Nc1ccc2c(c1)Sc1ccc(N)cc1S2.Nc1cccc(S(=O)(=O)c2cccc(N)c2)c1.Nc1cccc(Sc2cccc(N)c2)c1. The van der Waals surface area contributed by atoms with E-state index in [1.165, 1.54) is 77.2 Å². The van der Waals surface area contributed by atoms with E-state index in [2.05, 4.69) is 89.5 Å². The Morgan fingerprint density at radius 1 is 0.330 bits per heavy atom. The van der Waals surface area contributed by atoms with Crippen LogP contribution in [-0.4, -0.2) is 8.42 Å². The van der Waals surface area contributed by atoms with E-state index in [4.69, 9.17) is 62.1 Å². The molecule has 1 aliphatic rings. The fraction of sp³-hybridized carbons (Fsp3) is 0.0843. The molecule has 13 nitrogen and oxygen atoms in total. The lowest BCUT2D eigenvalue weighted by Crippen LogP contribution is -2.06. The third kappa shape index (κ3) is 20.3. The minimum atomic E-state index is -3.54. The highest BCUT2D eigenvalue weighted by molar-refractivity contribution is 8.05. The van der Waals surface area contributed by atoms with E-state index >= 15 is 0 Å². The minimum absolute atomic E-state index is 0.170. The van der Waals surface area contributed by atoms with Crippen molar-refractivity contribution < 1.29 is 13.2 Å². The van der Waals surface area contributed by atoms with Gasteiger partial charge in [0, 0.05) is 121 Å². The molecule has 1 heterocycles. The normalized spacial score (nSPS) is 10.8. The summed E-state index contributed by atoms with van der Waals surface area (Å²) in [5.74, 6) is 13.7. The predicted octanol–water partition coefficient (Wildman–Crippen LogP) is 17.9. The van der Waals surface area contributed by atoms with Gasteiger partial charge in [-0.2, -0.15) is 0 Å². The number of nitrogen functional groups attached to an aromatic ring is 10. The van der Waals surface area contributed by atoms with Crippen LogP contribution in [0.15, 0.2) is 282 Å². The minimum Gasteiger partial charge on any atom is -0.457 e. The molecule has 20 N–H and O–H groups in total. The van der Waals surface area contributed by atoms with Gasteiger partial charge in [-0.05, 0) is 250 Å². The van der Waals surface area contributed by atoms with Gasteiger partial charge in [0.1, 0.15) is 11.5 Å². The van der Waals surface area contributed by atoms with Gasteiger partial charge in [0.15, 0.2) is 0 Å². The molecular weight excluding hydrogens is 1310 g/mol. The van der Waals surface area contributed by atoms with Crippen molar-refractivity contribution in [2.75, 3.05) is 57.3 Å². The highest BCUT2D eigenvalue weighted by Crippen LogP contribution is 2.49. The third-order valence-electron chi connectivity index (χ3n) is 15.7. The molecule has 12 aromatic rings. The first-order chi connectivity index (χ1) is 47.8. The summed E-state index contributed by atoms with van der Waals surface area (Å²) in [5.41, 5.74) is 79.0. The topological polar surface area (TPSA) is 304 Å². The van der Waals surface area contributed by atoms with Gasteiger partial charge in [0.05, 0.1) is 9.79 Å². The molecule has 12 aromatic carbocycles. The predicted molar refractivity (Wildman–Crippen MR) is 423 cm³/mol. The van der Waals surface area contributed by atoms with Gasteiger partial charge in [0.25, 0.3) is 0 Å². The summed E-state index contributed by atoms with van der Waals surface area (Å²) in [6.45, 7) is 12.7. The first-order valence-corrected chi connectivity index (χ1v) is 35.6. The van der Waals surface area contributed by atoms with Crippen LogP contribution in [0.1, 0.15) is 66.8 Å². The van der Waals surface area contributed by atoms with Crippen LogP contribution in [0, 0.1) is 65.2 Å². The molecule has 0 amide bonds. The maximum absolute atomic E-state index is 12.2. The number of rotatable bonds is 8. The van der Waals surface area contributed by atoms with Crippen molar-refractivity contribution in [1.82, 2.24) is 0 Å². The number of nitrogens with two attached hydrogens (primary N) is 10. The van der Waals surface area contributed by atoms with E-state index in [1.54, 1.807) is 71.7 Å². The van der Waals surface area contributed by atoms with Crippen LogP contribution in [0.5, 0.6) is 11.5 Å². The number of fused-ring (bicyclic) bond motifs is 2. The number of sulfone groups is 1. The van der Waals surface area contributed by atoms with Gasteiger partial charge in [-0.3, -0.25) is 0 Å². The first kappa shape index (κ1) is 72.8. The molecule has 100 heavy (non-hydrogen) atoms. The molecule has 0 aliphatic carbocycles. The number of anilines is 10. The average molecular weight is 1390 g/mol. The third-order valence-corrected chi connectivity index (χ3v) is 21.0. The molecule has 0 spiro atoms. The van der Waals surface area contributed by atoms with Gasteiger partial charge >= 0.3 is 0 Å². The number of ether oxygens (including phenoxy) is 1. The van der Waals surface area contributed by atoms with Crippen LogP contribution in [0.2, 0.25) is 0 Å². The molecule has 13 rings (SSSR count). The summed E-state index contributed by atoms with van der Waals surface area (Å²) in [4.78, 5) is 7.53. The van der Waals surface area contributed by atoms with Crippen molar-refractivity contribution in [1.29, 1.82) is 0 Å². The summed E-state index contributed by atoms with van der Waals surface area (Å²) in [7, 11) is -3.54. The molecule has 0 bridgehead atoms. The van der Waals surface area contributed by atoms with E-state index in [-0.39, 0.29) is 9.79 Å². The van der Waals surface area contributed by atoms with Crippen LogP contribution < -0.4 is 62.1 Å². The van der Waals surface area contributed by atoms with Gasteiger partial charge in [-0.25, -0.2) is 8.42 Å². The number of hydrogen-bond acceptors (Lipinski definition) is 16. The Labute approximate surface area is 600 Å². The number of aryl methyl sites for hydroxylation is 4. The van der Waals surface area contributed by atoms with Crippen molar-refractivity contribution in [2.24, 2.45) is 0 Å². The Balaban J connectivity index is 0.000000150. The standard InChI is InChI=1S/C28H20N2O.C19H26N2.C12H12N2O2S.C12H10N2S2.C12H12N2S/c29-25-15-23(13-11-21-7-3-1-4-8-21)17-27(19-25)31-28-18-24(16-26(30)20-28)14-12-22-9-5-2-6-10-22;1-10-7-12(3)18(20)14(5)16(10)9-17-11(2)8-13(4)19(21)15(17)6;13-9-3-1-5-11(7-9)17(15,16)12-6-2-4-10(14)8-12;13-7-1-3-9-11(5-7)16-10-4-2-8(14)6-12(10)15-9;13-9-3-1-5-11(7-9)15-12-6-2-4-10(14)8-12/h1-10,15-20H,29-30H2;7-8H,9,20-21H2,1-6H3;1-8H,13-14H2;1-6H,13-14H2;1-8H,13-14H2. The van der Waals surface area contributed by atoms with E-state index in [0.717, 1.165) is 83.7 Å². The molecule has 0 saturated heterocycles. The molecule has 0 fully saturated rings. The van der Waals surface area contributed by atoms with E-state index in [1.807, 2.05) is 158 Å². The lowest BCUT2D eigenvalue weighted by Gasteiger charge is -2.19. The fourth-order valence-electron chi connectivity index (χ4n) is 10.6.